The zero-order chi connectivity index (χ0) is 13.7. The second kappa shape index (κ2) is 6.81. The second-order valence-corrected chi connectivity index (χ2v) is 7.20. The van der Waals surface area contributed by atoms with Crippen molar-refractivity contribution in [1.82, 2.24) is 0 Å². The predicted octanol–water partition coefficient (Wildman–Crippen LogP) is 3.65. The monoisotopic (exact) mass is 338 g/mol. The molecular weight excluding hydrogens is 323 g/mol. The average Bonchev–Trinajstić information content (AvgIpc) is 2.47. The van der Waals surface area contributed by atoms with Crippen LogP contribution >= 0.6 is 11.6 Å². The number of hydrogen-bond acceptors (Lipinski definition) is 1. The maximum absolute atomic E-state index is 6.45. The molecule has 19 heavy (non-hydrogen) atoms. The van der Waals surface area contributed by atoms with Crippen molar-refractivity contribution >= 4 is 36.6 Å². The molecule has 1 nitrogen and oxygen atoms in total. The number of benzene rings is 2. The van der Waals surface area contributed by atoms with E-state index in [1.807, 2.05) is 42.5 Å². The number of rotatable bonds is 4. The Morgan fingerprint density at radius 1 is 1.00 bits per heavy atom. The summed E-state index contributed by atoms with van der Waals surface area (Å²) in [5, 5.41) is 0. The minimum atomic E-state index is 0.160. The number of ether oxygens (including phenoxy) is 1. The molecule has 0 bridgehead atoms. The molecule has 0 aliphatic carbocycles. The normalized spacial score (nSPS) is 11.9. The van der Waals surface area contributed by atoms with Crippen LogP contribution in [0, 0.1) is 0 Å². The van der Waals surface area contributed by atoms with Crippen LogP contribution in [0.25, 0.3) is 5.57 Å². The third-order valence-corrected chi connectivity index (χ3v) is 5.54. The topological polar surface area (TPSA) is 9.23 Å². The van der Waals surface area contributed by atoms with E-state index in [4.69, 9.17) is 16.3 Å². The zero-order valence-corrected chi connectivity index (χ0v) is 13.4. The Labute approximate surface area is 125 Å². The molecule has 0 N–H and O–H groups in total. The maximum atomic E-state index is 6.45. The summed E-state index contributed by atoms with van der Waals surface area (Å²) in [5.74, 6) is 0.862. The first kappa shape index (κ1) is 14.2. The van der Waals surface area contributed by atoms with Gasteiger partial charge >= 0.3 is 125 Å². The van der Waals surface area contributed by atoms with Crippen molar-refractivity contribution in [3.8, 4) is 5.75 Å². The van der Waals surface area contributed by atoms with E-state index in [9.17, 15) is 0 Å². The number of hydrogen-bond donors (Lipinski definition) is 0. The molecule has 0 radical (unpaired) electrons. The number of allylic oxidation sites excluding steroid dienone is 1. The molecule has 0 unspecified atom stereocenters. The van der Waals surface area contributed by atoms with Crippen LogP contribution in [0.2, 0.25) is 0 Å². The summed E-state index contributed by atoms with van der Waals surface area (Å²) in [4.78, 5) is 0. The molecule has 3 heteroatoms. The molecular formula is C16H15ClOSe. The van der Waals surface area contributed by atoms with Gasteiger partial charge in [-0.15, -0.1) is 0 Å². The summed E-state index contributed by atoms with van der Waals surface area (Å²) in [6.07, 6.45) is 0. The summed E-state index contributed by atoms with van der Waals surface area (Å²) >= 11 is 6.61. The Morgan fingerprint density at radius 2 is 1.63 bits per heavy atom. The van der Waals surface area contributed by atoms with E-state index in [0.29, 0.717) is 0 Å². The number of methoxy groups -OCH3 is 1. The van der Waals surface area contributed by atoms with Crippen molar-refractivity contribution in [1.29, 1.82) is 0 Å². The Bertz CT molecular complexity index is 561. The molecule has 0 aromatic heterocycles. The van der Waals surface area contributed by atoms with Gasteiger partial charge in [-0.25, -0.2) is 0 Å². The van der Waals surface area contributed by atoms with Crippen LogP contribution in [0.1, 0.15) is 12.5 Å². The van der Waals surface area contributed by atoms with Gasteiger partial charge in [-0.1, -0.05) is 0 Å². The molecule has 0 aliphatic heterocycles. The summed E-state index contributed by atoms with van der Waals surface area (Å²) in [7, 11) is 1.67. The summed E-state index contributed by atoms with van der Waals surface area (Å²) in [6, 6.07) is 18.3. The molecule has 0 amide bonds. The predicted molar refractivity (Wildman–Crippen MR) is 83.3 cm³/mol. The van der Waals surface area contributed by atoms with E-state index >= 15 is 0 Å². The molecule has 0 heterocycles. The van der Waals surface area contributed by atoms with Crippen molar-refractivity contribution in [2.24, 2.45) is 0 Å². The van der Waals surface area contributed by atoms with Crippen molar-refractivity contribution in [3.05, 3.63) is 64.1 Å². The second-order valence-electron chi connectivity index (χ2n) is 4.04. The summed E-state index contributed by atoms with van der Waals surface area (Å²) in [6.45, 7) is 2.06. The molecule has 0 spiro atoms. The third-order valence-electron chi connectivity index (χ3n) is 2.77. The van der Waals surface area contributed by atoms with E-state index in [2.05, 4.69) is 19.1 Å². The zero-order valence-electron chi connectivity index (χ0n) is 10.9. The summed E-state index contributed by atoms with van der Waals surface area (Å²) < 4.78 is 7.38. The Hall–Kier alpha value is -1.21. The van der Waals surface area contributed by atoms with Gasteiger partial charge in [0.25, 0.3) is 0 Å². The Kier molecular flexibility index (Phi) is 5.09. The van der Waals surface area contributed by atoms with Crippen LogP contribution in [0.5, 0.6) is 5.75 Å². The van der Waals surface area contributed by atoms with Crippen LogP contribution in [0.3, 0.4) is 0 Å². The first-order valence-corrected chi connectivity index (χ1v) is 8.03. The molecule has 0 saturated carbocycles. The van der Waals surface area contributed by atoms with Crippen LogP contribution in [-0.2, 0) is 0 Å². The van der Waals surface area contributed by atoms with Gasteiger partial charge in [-0.2, -0.15) is 0 Å². The van der Waals surface area contributed by atoms with E-state index in [0.717, 1.165) is 20.8 Å². The van der Waals surface area contributed by atoms with Crippen LogP contribution in [0.4, 0.5) is 0 Å². The Morgan fingerprint density at radius 3 is 2.21 bits per heavy atom. The quantitative estimate of drug-likeness (QED) is 0.774. The van der Waals surface area contributed by atoms with E-state index in [1.54, 1.807) is 7.11 Å². The molecule has 0 fully saturated rings. The summed E-state index contributed by atoms with van der Waals surface area (Å²) in [5.41, 5.74) is 2.27. The standard InChI is InChI=1S/C16H15ClOSe/c1-12(13-8-10-14(18-2)11-9-13)16(17)19-15-6-4-3-5-7-15/h3-11H,1-2H3/b16-12+. The van der Waals surface area contributed by atoms with Crippen molar-refractivity contribution < 1.29 is 4.74 Å². The van der Waals surface area contributed by atoms with Gasteiger partial charge < -0.3 is 0 Å². The van der Waals surface area contributed by atoms with E-state index in [1.165, 1.54) is 4.46 Å². The number of halogens is 1. The fourth-order valence-corrected chi connectivity index (χ4v) is 3.81. The van der Waals surface area contributed by atoms with Gasteiger partial charge in [0.15, 0.2) is 0 Å². The minimum absolute atomic E-state index is 0.160. The van der Waals surface area contributed by atoms with Gasteiger partial charge in [0.05, 0.1) is 0 Å². The molecule has 0 saturated heterocycles. The average molecular weight is 338 g/mol. The molecule has 0 aliphatic rings. The SMILES string of the molecule is COc1ccc(/C(C)=C(\Cl)[Se]c2ccccc2)cc1. The van der Waals surface area contributed by atoms with Crippen molar-refractivity contribution in [2.75, 3.05) is 7.11 Å². The van der Waals surface area contributed by atoms with Gasteiger partial charge in [-0.3, -0.25) is 0 Å². The molecule has 2 rings (SSSR count). The molecule has 98 valence electrons. The first-order chi connectivity index (χ1) is 9.20. The molecule has 2 aromatic rings. The van der Waals surface area contributed by atoms with Gasteiger partial charge in [-0.05, 0) is 0 Å². The van der Waals surface area contributed by atoms with Crippen LogP contribution in [-0.4, -0.2) is 22.1 Å². The van der Waals surface area contributed by atoms with Crippen LogP contribution in [0.15, 0.2) is 58.5 Å². The van der Waals surface area contributed by atoms with Crippen molar-refractivity contribution in [3.63, 3.8) is 0 Å². The van der Waals surface area contributed by atoms with Crippen LogP contribution < -0.4 is 9.20 Å². The van der Waals surface area contributed by atoms with Gasteiger partial charge in [0.1, 0.15) is 0 Å². The van der Waals surface area contributed by atoms with Crippen molar-refractivity contribution in [2.45, 2.75) is 6.92 Å². The third kappa shape index (κ3) is 3.87. The van der Waals surface area contributed by atoms with Gasteiger partial charge in [0.2, 0.25) is 0 Å². The fraction of sp³-hybridized carbons (Fsp3) is 0.125. The van der Waals surface area contributed by atoms with E-state index in [-0.39, 0.29) is 15.0 Å². The van der Waals surface area contributed by atoms with E-state index < -0.39 is 0 Å². The Balaban J connectivity index is 2.20. The fourth-order valence-electron chi connectivity index (χ4n) is 1.62. The first-order valence-electron chi connectivity index (χ1n) is 5.94. The molecule has 0 atom stereocenters. The van der Waals surface area contributed by atoms with Gasteiger partial charge in [0, 0.05) is 0 Å². The molecule has 2 aromatic carbocycles.